The van der Waals surface area contributed by atoms with Crippen LogP contribution in [0.25, 0.3) is 0 Å². The topological polar surface area (TPSA) is 42.7 Å². The zero-order valence-corrected chi connectivity index (χ0v) is 7.32. The predicted molar refractivity (Wildman–Crippen MR) is 45.8 cm³/mol. The highest BCUT2D eigenvalue weighted by Crippen LogP contribution is 2.16. The van der Waals surface area contributed by atoms with E-state index in [1.807, 2.05) is 13.4 Å². The minimum absolute atomic E-state index is 0.742. The summed E-state index contributed by atoms with van der Waals surface area (Å²) in [6, 6.07) is 0. The van der Waals surface area contributed by atoms with Crippen molar-refractivity contribution in [2.45, 2.75) is 19.4 Å². The van der Waals surface area contributed by atoms with Crippen LogP contribution in [0.5, 0.6) is 0 Å². The maximum absolute atomic E-state index is 4.07. The second-order valence-electron chi connectivity index (χ2n) is 3.36. The molecule has 4 nitrogen and oxygen atoms in total. The van der Waals surface area contributed by atoms with E-state index < -0.39 is 0 Å². The van der Waals surface area contributed by atoms with Crippen molar-refractivity contribution in [2.75, 3.05) is 13.6 Å². The highest BCUT2D eigenvalue weighted by Gasteiger charge is 2.18. The van der Waals surface area contributed by atoms with Gasteiger partial charge in [-0.1, -0.05) is 0 Å². The maximum atomic E-state index is 4.07. The number of aryl methyl sites for hydroxylation is 1. The fraction of sp³-hybridized carbons (Fsp3) is 0.750. The predicted octanol–water partition coefficient (Wildman–Crippen LogP) is 0.0599. The lowest BCUT2D eigenvalue weighted by Gasteiger charge is -2.21. The van der Waals surface area contributed by atoms with Gasteiger partial charge in [0.25, 0.3) is 0 Å². The first kappa shape index (κ1) is 7.73. The van der Waals surface area contributed by atoms with Gasteiger partial charge in [0, 0.05) is 13.0 Å². The van der Waals surface area contributed by atoms with Crippen molar-refractivity contribution in [3.63, 3.8) is 0 Å². The van der Waals surface area contributed by atoms with Gasteiger partial charge in [0.1, 0.15) is 12.2 Å². The highest BCUT2D eigenvalue weighted by molar-refractivity contribution is 4.92. The average molecular weight is 166 g/mol. The summed E-state index contributed by atoms with van der Waals surface area (Å²) < 4.78 is 2.14. The standard InChI is InChI=1S/C8H14N4/c1-9-5-7-2-3-12-6-10-11-8(12)4-7/h6-7,9H,2-5H2,1H3. The molecule has 66 valence electrons. The lowest BCUT2D eigenvalue weighted by atomic mass is 9.98. The number of aromatic nitrogens is 3. The molecule has 1 aliphatic rings. The van der Waals surface area contributed by atoms with Crippen molar-refractivity contribution in [1.82, 2.24) is 20.1 Å². The molecule has 1 aromatic rings. The Morgan fingerprint density at radius 2 is 2.67 bits per heavy atom. The van der Waals surface area contributed by atoms with Crippen LogP contribution < -0.4 is 5.32 Å². The fourth-order valence-corrected chi connectivity index (χ4v) is 1.77. The van der Waals surface area contributed by atoms with Gasteiger partial charge in [0.05, 0.1) is 0 Å². The molecule has 1 aromatic heterocycles. The third-order valence-corrected chi connectivity index (χ3v) is 2.44. The molecule has 0 spiro atoms. The molecular weight excluding hydrogens is 152 g/mol. The second-order valence-corrected chi connectivity index (χ2v) is 3.36. The van der Waals surface area contributed by atoms with Crippen LogP contribution >= 0.6 is 0 Å². The van der Waals surface area contributed by atoms with E-state index in [9.17, 15) is 0 Å². The average Bonchev–Trinajstić information content (AvgIpc) is 2.51. The van der Waals surface area contributed by atoms with Gasteiger partial charge in [-0.05, 0) is 25.9 Å². The molecule has 0 fully saturated rings. The van der Waals surface area contributed by atoms with Gasteiger partial charge in [-0.15, -0.1) is 10.2 Å². The molecule has 1 aliphatic heterocycles. The summed E-state index contributed by atoms with van der Waals surface area (Å²) in [5, 5.41) is 11.2. The van der Waals surface area contributed by atoms with E-state index in [1.165, 1.54) is 6.42 Å². The van der Waals surface area contributed by atoms with Crippen LogP contribution in [0.15, 0.2) is 6.33 Å². The largest absolute Gasteiger partial charge is 0.319 e. The van der Waals surface area contributed by atoms with Crippen molar-refractivity contribution < 1.29 is 0 Å². The number of nitrogens with zero attached hydrogens (tertiary/aromatic N) is 3. The zero-order valence-electron chi connectivity index (χ0n) is 7.32. The van der Waals surface area contributed by atoms with Gasteiger partial charge in [0.2, 0.25) is 0 Å². The molecule has 0 aromatic carbocycles. The summed E-state index contributed by atoms with van der Waals surface area (Å²) in [7, 11) is 2.00. The van der Waals surface area contributed by atoms with Crippen LogP contribution in [-0.2, 0) is 13.0 Å². The van der Waals surface area contributed by atoms with Crippen molar-refractivity contribution >= 4 is 0 Å². The molecule has 1 N–H and O–H groups in total. The third kappa shape index (κ3) is 1.34. The van der Waals surface area contributed by atoms with Crippen molar-refractivity contribution in [3.05, 3.63) is 12.2 Å². The molecule has 4 heteroatoms. The van der Waals surface area contributed by atoms with E-state index in [4.69, 9.17) is 0 Å². The lowest BCUT2D eigenvalue weighted by Crippen LogP contribution is -2.27. The number of nitrogens with one attached hydrogen (secondary N) is 1. The summed E-state index contributed by atoms with van der Waals surface area (Å²) in [5.41, 5.74) is 0. The Hall–Kier alpha value is -0.900. The summed E-state index contributed by atoms with van der Waals surface area (Å²) in [5.74, 6) is 1.88. The molecule has 0 aliphatic carbocycles. The number of fused-ring (bicyclic) bond motifs is 1. The maximum Gasteiger partial charge on any atom is 0.133 e. The van der Waals surface area contributed by atoms with E-state index in [2.05, 4.69) is 20.1 Å². The zero-order chi connectivity index (χ0) is 8.39. The van der Waals surface area contributed by atoms with E-state index in [1.54, 1.807) is 0 Å². The number of rotatable bonds is 2. The Labute approximate surface area is 72.0 Å². The van der Waals surface area contributed by atoms with E-state index in [0.717, 1.165) is 31.3 Å². The Bertz CT molecular complexity index is 255. The van der Waals surface area contributed by atoms with Gasteiger partial charge >= 0.3 is 0 Å². The first-order valence-electron chi connectivity index (χ1n) is 4.41. The van der Waals surface area contributed by atoms with Crippen LogP contribution in [0.4, 0.5) is 0 Å². The quantitative estimate of drug-likeness (QED) is 0.675. The first-order chi connectivity index (χ1) is 5.90. The van der Waals surface area contributed by atoms with Gasteiger partial charge < -0.3 is 9.88 Å². The number of hydrogen-bond acceptors (Lipinski definition) is 3. The van der Waals surface area contributed by atoms with Crippen molar-refractivity contribution in [3.8, 4) is 0 Å². The highest BCUT2D eigenvalue weighted by atomic mass is 15.3. The molecule has 0 saturated heterocycles. The van der Waals surface area contributed by atoms with Crippen LogP contribution in [-0.4, -0.2) is 28.4 Å². The van der Waals surface area contributed by atoms with Crippen molar-refractivity contribution in [1.29, 1.82) is 0 Å². The monoisotopic (exact) mass is 166 g/mol. The van der Waals surface area contributed by atoms with E-state index >= 15 is 0 Å². The fourth-order valence-electron chi connectivity index (χ4n) is 1.77. The normalized spacial score (nSPS) is 22.2. The smallest absolute Gasteiger partial charge is 0.133 e. The molecule has 0 radical (unpaired) electrons. The molecular formula is C8H14N4. The molecule has 0 saturated carbocycles. The summed E-state index contributed by atoms with van der Waals surface area (Å²) >= 11 is 0. The Morgan fingerprint density at radius 3 is 3.50 bits per heavy atom. The lowest BCUT2D eigenvalue weighted by molar-refractivity contribution is 0.372. The first-order valence-corrected chi connectivity index (χ1v) is 4.41. The summed E-state index contributed by atoms with van der Waals surface area (Å²) in [6.45, 7) is 2.17. The van der Waals surface area contributed by atoms with E-state index in [0.29, 0.717) is 0 Å². The molecule has 0 amide bonds. The molecule has 2 rings (SSSR count). The molecule has 2 heterocycles. The van der Waals surface area contributed by atoms with Crippen LogP contribution in [0.3, 0.4) is 0 Å². The Kier molecular flexibility index (Phi) is 2.08. The minimum atomic E-state index is 0.742. The molecule has 0 bridgehead atoms. The minimum Gasteiger partial charge on any atom is -0.319 e. The molecule has 1 unspecified atom stereocenters. The summed E-state index contributed by atoms with van der Waals surface area (Å²) in [6.07, 6.45) is 4.14. The SMILES string of the molecule is CNCC1CCn2cnnc2C1. The third-order valence-electron chi connectivity index (χ3n) is 2.44. The summed E-state index contributed by atoms with van der Waals surface area (Å²) in [4.78, 5) is 0. The Morgan fingerprint density at radius 1 is 1.75 bits per heavy atom. The van der Waals surface area contributed by atoms with Crippen molar-refractivity contribution in [2.24, 2.45) is 5.92 Å². The number of hydrogen-bond donors (Lipinski definition) is 1. The van der Waals surface area contributed by atoms with Crippen LogP contribution in [0, 0.1) is 5.92 Å². The second kappa shape index (κ2) is 3.23. The molecule has 12 heavy (non-hydrogen) atoms. The molecule has 1 atom stereocenters. The van der Waals surface area contributed by atoms with Gasteiger partial charge in [-0.2, -0.15) is 0 Å². The van der Waals surface area contributed by atoms with Crippen LogP contribution in [0.2, 0.25) is 0 Å². The van der Waals surface area contributed by atoms with Gasteiger partial charge in [-0.3, -0.25) is 0 Å². The van der Waals surface area contributed by atoms with Gasteiger partial charge in [-0.25, -0.2) is 0 Å². The van der Waals surface area contributed by atoms with Gasteiger partial charge in [0.15, 0.2) is 0 Å². The van der Waals surface area contributed by atoms with Crippen LogP contribution in [0.1, 0.15) is 12.2 Å². The van der Waals surface area contributed by atoms with E-state index in [-0.39, 0.29) is 0 Å². The Balaban J connectivity index is 2.05.